The molecule has 2 aromatic rings. The first-order valence-electron chi connectivity index (χ1n) is 8.13. The molecule has 1 saturated carbocycles. The van der Waals surface area contributed by atoms with Crippen molar-refractivity contribution in [3.8, 4) is 0 Å². The lowest BCUT2D eigenvalue weighted by atomic mass is 9.87. The summed E-state index contributed by atoms with van der Waals surface area (Å²) in [6, 6.07) is 15.4. The molecule has 0 amide bonds. The maximum absolute atomic E-state index is 9.78. The van der Waals surface area contributed by atoms with E-state index in [9.17, 15) is 5.11 Å². The molecule has 3 rings (SSSR count). The Kier molecular flexibility index (Phi) is 4.57. The highest BCUT2D eigenvalue weighted by Crippen LogP contribution is 2.26. The van der Waals surface area contributed by atoms with E-state index in [1.807, 2.05) is 0 Å². The molecule has 2 heteroatoms. The Morgan fingerprint density at radius 1 is 1.14 bits per heavy atom. The second-order valence-corrected chi connectivity index (χ2v) is 6.38. The Labute approximate surface area is 127 Å². The normalized spacial score (nSPS) is 24.1. The van der Waals surface area contributed by atoms with Crippen LogP contribution in [-0.2, 0) is 0 Å². The van der Waals surface area contributed by atoms with Gasteiger partial charge in [-0.1, -0.05) is 48.9 Å². The summed E-state index contributed by atoms with van der Waals surface area (Å²) < 4.78 is 0. The van der Waals surface area contributed by atoms with E-state index in [-0.39, 0.29) is 6.10 Å². The van der Waals surface area contributed by atoms with Gasteiger partial charge in [0.25, 0.3) is 0 Å². The fraction of sp³-hybridized carbons (Fsp3) is 0.474. The predicted octanol–water partition coefficient (Wildman–Crippen LogP) is 4.04. The van der Waals surface area contributed by atoms with Crippen LogP contribution in [0.5, 0.6) is 0 Å². The van der Waals surface area contributed by atoms with Crippen molar-refractivity contribution in [3.05, 3.63) is 48.0 Å². The van der Waals surface area contributed by atoms with Gasteiger partial charge in [-0.15, -0.1) is 0 Å². The topological polar surface area (TPSA) is 32.3 Å². The van der Waals surface area contributed by atoms with Crippen LogP contribution < -0.4 is 5.32 Å². The molecule has 2 N–H and O–H groups in total. The minimum absolute atomic E-state index is 0.0848. The summed E-state index contributed by atoms with van der Waals surface area (Å²) in [5.41, 5.74) is 1.37. The monoisotopic (exact) mass is 283 g/mol. The Morgan fingerprint density at radius 2 is 1.95 bits per heavy atom. The molecule has 2 aromatic carbocycles. The molecule has 112 valence electrons. The molecule has 1 fully saturated rings. The van der Waals surface area contributed by atoms with Crippen LogP contribution in [0.15, 0.2) is 42.5 Å². The van der Waals surface area contributed by atoms with Gasteiger partial charge in [-0.2, -0.15) is 0 Å². The van der Waals surface area contributed by atoms with Crippen molar-refractivity contribution in [2.24, 2.45) is 5.92 Å². The van der Waals surface area contributed by atoms with Crippen LogP contribution in [0.3, 0.4) is 0 Å². The molecule has 1 aliphatic rings. The zero-order valence-electron chi connectivity index (χ0n) is 12.8. The molecule has 0 aliphatic heterocycles. The Balaban J connectivity index is 1.68. The summed E-state index contributed by atoms with van der Waals surface area (Å²) in [5, 5.41) is 16.1. The smallest absolute Gasteiger partial charge is 0.0543 e. The molecular weight excluding hydrogens is 258 g/mol. The van der Waals surface area contributed by atoms with Crippen LogP contribution in [0.25, 0.3) is 10.8 Å². The first kappa shape index (κ1) is 14.6. The number of aliphatic hydroxyl groups is 1. The van der Waals surface area contributed by atoms with Gasteiger partial charge in [-0.3, -0.25) is 0 Å². The van der Waals surface area contributed by atoms with Crippen molar-refractivity contribution in [2.45, 2.75) is 44.8 Å². The third kappa shape index (κ3) is 3.45. The van der Waals surface area contributed by atoms with Crippen molar-refractivity contribution in [2.75, 3.05) is 6.54 Å². The molecule has 0 saturated heterocycles. The van der Waals surface area contributed by atoms with E-state index in [1.165, 1.54) is 22.8 Å². The van der Waals surface area contributed by atoms with Gasteiger partial charge in [0.2, 0.25) is 0 Å². The minimum atomic E-state index is -0.0848. The Bertz CT molecular complexity index is 590. The van der Waals surface area contributed by atoms with E-state index in [0.717, 1.165) is 25.8 Å². The van der Waals surface area contributed by atoms with Crippen LogP contribution in [0.1, 0.15) is 44.2 Å². The number of aliphatic hydroxyl groups excluding tert-OH is 1. The Morgan fingerprint density at radius 3 is 2.81 bits per heavy atom. The van der Waals surface area contributed by atoms with Crippen LogP contribution >= 0.6 is 0 Å². The molecule has 0 aromatic heterocycles. The molecule has 0 heterocycles. The Hall–Kier alpha value is -1.38. The van der Waals surface area contributed by atoms with Gasteiger partial charge in [0, 0.05) is 6.04 Å². The SMILES string of the molecule is CC(NCC1CCCC(O)C1)c1cccc2ccccc12. The lowest BCUT2D eigenvalue weighted by Gasteiger charge is -2.27. The fourth-order valence-electron chi connectivity index (χ4n) is 3.53. The molecule has 3 unspecified atom stereocenters. The highest BCUT2D eigenvalue weighted by atomic mass is 16.3. The lowest BCUT2D eigenvalue weighted by molar-refractivity contribution is 0.0998. The van der Waals surface area contributed by atoms with Gasteiger partial charge in [-0.05, 0) is 55.0 Å². The molecule has 1 aliphatic carbocycles. The highest BCUT2D eigenvalue weighted by molar-refractivity contribution is 5.86. The average Bonchev–Trinajstić information content (AvgIpc) is 2.52. The molecular formula is C19H25NO. The largest absolute Gasteiger partial charge is 0.393 e. The maximum Gasteiger partial charge on any atom is 0.0543 e. The van der Waals surface area contributed by atoms with Crippen molar-refractivity contribution in [1.29, 1.82) is 0 Å². The van der Waals surface area contributed by atoms with E-state index >= 15 is 0 Å². The first-order chi connectivity index (χ1) is 10.2. The summed E-state index contributed by atoms with van der Waals surface area (Å²) in [6.45, 7) is 3.24. The number of rotatable bonds is 4. The molecule has 2 nitrogen and oxygen atoms in total. The second kappa shape index (κ2) is 6.59. The first-order valence-corrected chi connectivity index (χ1v) is 8.13. The van der Waals surface area contributed by atoms with E-state index in [2.05, 4.69) is 54.7 Å². The molecule has 0 bridgehead atoms. The number of hydrogen-bond donors (Lipinski definition) is 2. The van der Waals surface area contributed by atoms with Gasteiger partial charge in [-0.25, -0.2) is 0 Å². The maximum atomic E-state index is 9.78. The second-order valence-electron chi connectivity index (χ2n) is 6.38. The van der Waals surface area contributed by atoms with E-state index in [0.29, 0.717) is 12.0 Å². The van der Waals surface area contributed by atoms with Crippen LogP contribution in [-0.4, -0.2) is 17.8 Å². The van der Waals surface area contributed by atoms with E-state index in [4.69, 9.17) is 0 Å². The summed E-state index contributed by atoms with van der Waals surface area (Å²) in [6.07, 6.45) is 4.26. The number of benzene rings is 2. The summed E-state index contributed by atoms with van der Waals surface area (Å²) in [7, 11) is 0. The quantitative estimate of drug-likeness (QED) is 0.887. The van der Waals surface area contributed by atoms with Crippen molar-refractivity contribution >= 4 is 10.8 Å². The van der Waals surface area contributed by atoms with E-state index < -0.39 is 0 Å². The third-order valence-electron chi connectivity index (χ3n) is 4.76. The standard InChI is InChI=1S/C19H25NO/c1-14(20-13-15-6-4-9-17(21)12-15)18-11-5-8-16-7-2-3-10-19(16)18/h2-3,5,7-8,10-11,14-15,17,20-21H,4,6,9,12-13H2,1H3. The minimum Gasteiger partial charge on any atom is -0.393 e. The fourth-order valence-corrected chi connectivity index (χ4v) is 3.53. The van der Waals surface area contributed by atoms with Crippen molar-refractivity contribution < 1.29 is 5.11 Å². The number of nitrogens with one attached hydrogen (secondary N) is 1. The molecule has 3 atom stereocenters. The summed E-state index contributed by atoms with van der Waals surface area (Å²) >= 11 is 0. The third-order valence-corrected chi connectivity index (χ3v) is 4.76. The summed E-state index contributed by atoms with van der Waals surface area (Å²) in [4.78, 5) is 0. The highest BCUT2D eigenvalue weighted by Gasteiger charge is 2.20. The molecule has 0 spiro atoms. The van der Waals surface area contributed by atoms with Gasteiger partial charge >= 0.3 is 0 Å². The molecule has 21 heavy (non-hydrogen) atoms. The number of hydrogen-bond acceptors (Lipinski definition) is 2. The van der Waals surface area contributed by atoms with Crippen LogP contribution in [0, 0.1) is 5.92 Å². The zero-order valence-corrected chi connectivity index (χ0v) is 12.8. The van der Waals surface area contributed by atoms with E-state index in [1.54, 1.807) is 0 Å². The van der Waals surface area contributed by atoms with Gasteiger partial charge < -0.3 is 10.4 Å². The van der Waals surface area contributed by atoms with Gasteiger partial charge in [0.05, 0.1) is 6.10 Å². The number of fused-ring (bicyclic) bond motifs is 1. The average molecular weight is 283 g/mol. The van der Waals surface area contributed by atoms with Crippen LogP contribution in [0.4, 0.5) is 0 Å². The van der Waals surface area contributed by atoms with Crippen LogP contribution in [0.2, 0.25) is 0 Å². The van der Waals surface area contributed by atoms with Crippen molar-refractivity contribution in [3.63, 3.8) is 0 Å². The van der Waals surface area contributed by atoms with Crippen molar-refractivity contribution in [1.82, 2.24) is 5.32 Å². The lowest BCUT2D eigenvalue weighted by Crippen LogP contribution is -2.30. The zero-order chi connectivity index (χ0) is 14.7. The van der Waals surface area contributed by atoms with Gasteiger partial charge in [0.15, 0.2) is 0 Å². The molecule has 0 radical (unpaired) electrons. The van der Waals surface area contributed by atoms with Gasteiger partial charge in [0.1, 0.15) is 0 Å². The predicted molar refractivity (Wildman–Crippen MR) is 88.3 cm³/mol. The summed E-state index contributed by atoms with van der Waals surface area (Å²) in [5.74, 6) is 0.617.